The van der Waals surface area contributed by atoms with E-state index in [1.54, 1.807) is 6.20 Å². The molecule has 5 heteroatoms. The lowest BCUT2D eigenvalue weighted by atomic mass is 10.0. The molecule has 1 aromatic carbocycles. The molecule has 1 aromatic heterocycles. The summed E-state index contributed by atoms with van der Waals surface area (Å²) in [5, 5.41) is 6.82. The molecule has 0 radical (unpaired) electrons. The van der Waals surface area contributed by atoms with E-state index < -0.39 is 0 Å². The smallest absolute Gasteiger partial charge is 0.126 e. The van der Waals surface area contributed by atoms with Gasteiger partial charge in [0.2, 0.25) is 0 Å². The SMILES string of the molecule is CN1CCN(c2ccccc2-c2cn[nH]c2N)CC1. The molecule has 1 fully saturated rings. The van der Waals surface area contributed by atoms with Crippen LogP contribution in [-0.2, 0) is 0 Å². The number of nitrogen functional groups attached to an aromatic ring is 1. The number of nitrogens with one attached hydrogen (secondary N) is 1. The van der Waals surface area contributed by atoms with Gasteiger partial charge in [-0.25, -0.2) is 0 Å². The number of H-pyrrole nitrogens is 1. The Morgan fingerprint density at radius 1 is 1.11 bits per heavy atom. The van der Waals surface area contributed by atoms with Crippen LogP contribution >= 0.6 is 0 Å². The average Bonchev–Trinajstić information content (AvgIpc) is 2.86. The van der Waals surface area contributed by atoms with Crippen LogP contribution in [0, 0.1) is 0 Å². The van der Waals surface area contributed by atoms with Crippen LogP contribution in [0.1, 0.15) is 0 Å². The minimum Gasteiger partial charge on any atom is -0.384 e. The van der Waals surface area contributed by atoms with Gasteiger partial charge in [0.25, 0.3) is 0 Å². The molecule has 1 aliphatic heterocycles. The van der Waals surface area contributed by atoms with Gasteiger partial charge in [0.15, 0.2) is 0 Å². The summed E-state index contributed by atoms with van der Waals surface area (Å²) in [5.74, 6) is 0.626. The van der Waals surface area contributed by atoms with E-state index in [2.05, 4.69) is 45.2 Å². The van der Waals surface area contributed by atoms with Gasteiger partial charge < -0.3 is 15.5 Å². The van der Waals surface area contributed by atoms with Gasteiger partial charge in [-0.2, -0.15) is 5.10 Å². The maximum Gasteiger partial charge on any atom is 0.126 e. The first-order valence-electron chi connectivity index (χ1n) is 6.57. The number of nitrogens with zero attached hydrogens (tertiary/aromatic N) is 3. The summed E-state index contributed by atoms with van der Waals surface area (Å²) in [6.07, 6.45) is 1.80. The number of para-hydroxylation sites is 1. The fourth-order valence-electron chi connectivity index (χ4n) is 2.54. The molecule has 0 spiro atoms. The molecule has 1 saturated heterocycles. The zero-order valence-electron chi connectivity index (χ0n) is 11.1. The van der Waals surface area contributed by atoms with E-state index in [9.17, 15) is 0 Å². The van der Waals surface area contributed by atoms with E-state index in [0.717, 1.165) is 37.3 Å². The summed E-state index contributed by atoms with van der Waals surface area (Å²) >= 11 is 0. The molecule has 100 valence electrons. The Morgan fingerprint density at radius 2 is 1.84 bits per heavy atom. The highest BCUT2D eigenvalue weighted by Crippen LogP contribution is 2.33. The highest BCUT2D eigenvalue weighted by Gasteiger charge is 2.18. The number of anilines is 2. The van der Waals surface area contributed by atoms with Crippen LogP contribution in [0.5, 0.6) is 0 Å². The fourth-order valence-corrected chi connectivity index (χ4v) is 2.54. The molecule has 0 aliphatic carbocycles. The highest BCUT2D eigenvalue weighted by molar-refractivity contribution is 5.83. The summed E-state index contributed by atoms with van der Waals surface area (Å²) in [7, 11) is 2.16. The minimum atomic E-state index is 0.626. The Hall–Kier alpha value is -2.01. The third-order valence-electron chi connectivity index (χ3n) is 3.71. The van der Waals surface area contributed by atoms with Gasteiger partial charge in [-0.3, -0.25) is 5.10 Å². The van der Waals surface area contributed by atoms with Gasteiger partial charge in [-0.1, -0.05) is 18.2 Å². The summed E-state index contributed by atoms with van der Waals surface area (Å²) in [5.41, 5.74) is 9.32. The van der Waals surface area contributed by atoms with Gasteiger partial charge in [-0.05, 0) is 13.1 Å². The van der Waals surface area contributed by atoms with Crippen LogP contribution < -0.4 is 10.6 Å². The van der Waals surface area contributed by atoms with Crippen molar-refractivity contribution in [2.24, 2.45) is 0 Å². The van der Waals surface area contributed by atoms with Gasteiger partial charge >= 0.3 is 0 Å². The van der Waals surface area contributed by atoms with Gasteiger partial charge in [0, 0.05) is 43.0 Å². The molecule has 2 aromatic rings. The normalized spacial score (nSPS) is 16.8. The van der Waals surface area contributed by atoms with Crippen LogP contribution in [0.4, 0.5) is 11.5 Å². The molecule has 5 nitrogen and oxygen atoms in total. The molecule has 0 saturated carbocycles. The van der Waals surface area contributed by atoms with Crippen molar-refractivity contribution in [2.75, 3.05) is 43.9 Å². The third kappa shape index (κ3) is 2.29. The number of aromatic amines is 1. The van der Waals surface area contributed by atoms with Crippen LogP contribution in [-0.4, -0.2) is 48.3 Å². The molecule has 1 aliphatic rings. The van der Waals surface area contributed by atoms with E-state index in [4.69, 9.17) is 5.73 Å². The second kappa shape index (κ2) is 4.93. The van der Waals surface area contributed by atoms with Crippen molar-refractivity contribution >= 4 is 11.5 Å². The van der Waals surface area contributed by atoms with Crippen molar-refractivity contribution in [3.05, 3.63) is 30.5 Å². The third-order valence-corrected chi connectivity index (χ3v) is 3.71. The van der Waals surface area contributed by atoms with Gasteiger partial charge in [0.1, 0.15) is 5.82 Å². The van der Waals surface area contributed by atoms with E-state index >= 15 is 0 Å². The largest absolute Gasteiger partial charge is 0.384 e. The van der Waals surface area contributed by atoms with Crippen LogP contribution in [0.2, 0.25) is 0 Å². The minimum absolute atomic E-state index is 0.626. The summed E-state index contributed by atoms with van der Waals surface area (Å²) in [6, 6.07) is 8.39. The van der Waals surface area contributed by atoms with Crippen LogP contribution in [0.15, 0.2) is 30.5 Å². The second-order valence-electron chi connectivity index (χ2n) is 5.00. The second-order valence-corrected chi connectivity index (χ2v) is 5.00. The summed E-state index contributed by atoms with van der Waals surface area (Å²) in [6.45, 7) is 4.28. The van der Waals surface area contributed by atoms with Crippen molar-refractivity contribution < 1.29 is 0 Å². The quantitative estimate of drug-likeness (QED) is 0.854. The van der Waals surface area contributed by atoms with Crippen molar-refractivity contribution in [3.63, 3.8) is 0 Å². The Balaban J connectivity index is 1.96. The number of benzene rings is 1. The first-order chi connectivity index (χ1) is 9.25. The molecule has 2 heterocycles. The van der Waals surface area contributed by atoms with Crippen molar-refractivity contribution in [1.29, 1.82) is 0 Å². The molecule has 3 rings (SSSR count). The summed E-state index contributed by atoms with van der Waals surface area (Å²) < 4.78 is 0. The van der Waals surface area contributed by atoms with E-state index in [1.807, 2.05) is 6.07 Å². The lowest BCUT2D eigenvalue weighted by Crippen LogP contribution is -2.44. The lowest BCUT2D eigenvalue weighted by molar-refractivity contribution is 0.313. The van der Waals surface area contributed by atoms with E-state index in [-0.39, 0.29) is 0 Å². The number of piperazine rings is 1. The zero-order chi connectivity index (χ0) is 13.2. The van der Waals surface area contributed by atoms with E-state index in [1.165, 1.54) is 5.69 Å². The fraction of sp³-hybridized carbons (Fsp3) is 0.357. The summed E-state index contributed by atoms with van der Waals surface area (Å²) in [4.78, 5) is 4.77. The zero-order valence-corrected chi connectivity index (χ0v) is 11.1. The number of likely N-dealkylation sites (N-methyl/N-ethyl adjacent to an activating group) is 1. The van der Waals surface area contributed by atoms with Gasteiger partial charge in [0.05, 0.1) is 6.20 Å². The standard InChI is InChI=1S/C14H19N5/c1-18-6-8-19(9-7-18)13-5-3-2-4-11(13)12-10-16-17-14(12)15/h2-5,10H,6-9H2,1H3,(H3,15,16,17). The maximum absolute atomic E-state index is 5.95. The van der Waals surface area contributed by atoms with Crippen molar-refractivity contribution in [3.8, 4) is 11.1 Å². The predicted molar refractivity (Wildman–Crippen MR) is 78.1 cm³/mol. The maximum atomic E-state index is 5.95. The Labute approximate surface area is 113 Å². The van der Waals surface area contributed by atoms with E-state index in [0.29, 0.717) is 5.82 Å². The van der Waals surface area contributed by atoms with Crippen LogP contribution in [0.25, 0.3) is 11.1 Å². The molecule has 0 unspecified atom stereocenters. The Bertz CT molecular complexity index is 554. The average molecular weight is 257 g/mol. The molecule has 3 N–H and O–H groups in total. The molecule has 0 atom stereocenters. The first kappa shape index (κ1) is 12.0. The van der Waals surface area contributed by atoms with Crippen molar-refractivity contribution in [1.82, 2.24) is 15.1 Å². The van der Waals surface area contributed by atoms with Gasteiger partial charge in [-0.15, -0.1) is 0 Å². The number of aromatic nitrogens is 2. The molecular weight excluding hydrogens is 238 g/mol. The lowest BCUT2D eigenvalue weighted by Gasteiger charge is -2.35. The predicted octanol–water partition coefficient (Wildman–Crippen LogP) is 1.41. The number of nitrogens with two attached hydrogens (primary N) is 1. The number of hydrogen-bond acceptors (Lipinski definition) is 4. The molecule has 0 bridgehead atoms. The van der Waals surface area contributed by atoms with Crippen LogP contribution in [0.3, 0.4) is 0 Å². The molecule has 0 amide bonds. The topological polar surface area (TPSA) is 61.2 Å². The number of rotatable bonds is 2. The Morgan fingerprint density at radius 3 is 2.53 bits per heavy atom. The molecule has 19 heavy (non-hydrogen) atoms. The first-order valence-corrected chi connectivity index (χ1v) is 6.57. The van der Waals surface area contributed by atoms with Crippen molar-refractivity contribution in [2.45, 2.75) is 0 Å². The molecular formula is C14H19N5. The highest BCUT2D eigenvalue weighted by atomic mass is 15.2. The number of hydrogen-bond donors (Lipinski definition) is 2. The monoisotopic (exact) mass is 257 g/mol. The Kier molecular flexibility index (Phi) is 3.13.